The molecule has 8 heteroatoms. The molecule has 3 rings (SSSR count). The number of hydrogen-bond acceptors (Lipinski definition) is 3. The fourth-order valence-corrected chi connectivity index (χ4v) is 4.23. The molecule has 0 fully saturated rings. The molecule has 5 nitrogen and oxygen atoms in total. The summed E-state index contributed by atoms with van der Waals surface area (Å²) in [5.41, 5.74) is 1.02. The summed E-state index contributed by atoms with van der Waals surface area (Å²) in [6.07, 6.45) is 0. The fraction of sp³-hybridized carbons (Fsp3) is 0.136. The van der Waals surface area contributed by atoms with Crippen LogP contribution >= 0.6 is 11.6 Å². The first kappa shape index (κ1) is 21.8. The zero-order chi connectivity index (χ0) is 21.9. The van der Waals surface area contributed by atoms with Gasteiger partial charge in [0.2, 0.25) is 0 Å². The van der Waals surface area contributed by atoms with Crippen LogP contribution in [-0.4, -0.2) is 33.3 Å². The lowest BCUT2D eigenvalue weighted by atomic mass is 10.1. The Morgan fingerprint density at radius 3 is 2.30 bits per heavy atom. The van der Waals surface area contributed by atoms with E-state index in [1.165, 1.54) is 48.3 Å². The van der Waals surface area contributed by atoms with Gasteiger partial charge < -0.3 is 4.90 Å². The molecule has 0 N–H and O–H groups in total. The van der Waals surface area contributed by atoms with Crippen LogP contribution in [-0.2, 0) is 16.6 Å². The van der Waals surface area contributed by atoms with Gasteiger partial charge in [0.15, 0.2) is 0 Å². The average molecular weight is 447 g/mol. The number of carbonyl (C=O) groups is 1. The summed E-state index contributed by atoms with van der Waals surface area (Å²) in [7, 11) is -0.847. The Morgan fingerprint density at radius 2 is 1.63 bits per heavy atom. The first-order valence-electron chi connectivity index (χ1n) is 9.03. The molecule has 0 saturated carbocycles. The molecular formula is C22H20ClFN2O3S. The Hall–Kier alpha value is -2.90. The van der Waals surface area contributed by atoms with Gasteiger partial charge in [0.05, 0.1) is 10.6 Å². The van der Waals surface area contributed by atoms with Crippen molar-refractivity contribution in [3.05, 3.63) is 94.8 Å². The maximum absolute atomic E-state index is 13.9. The summed E-state index contributed by atoms with van der Waals surface area (Å²) in [6, 6.07) is 18.4. The highest BCUT2D eigenvalue weighted by molar-refractivity contribution is 7.92. The van der Waals surface area contributed by atoms with Crippen LogP contribution in [0.3, 0.4) is 0 Å². The van der Waals surface area contributed by atoms with Crippen LogP contribution in [0, 0.1) is 5.82 Å². The number of amides is 1. The van der Waals surface area contributed by atoms with Crippen LogP contribution in [0.1, 0.15) is 15.9 Å². The Bertz CT molecular complexity index is 1170. The van der Waals surface area contributed by atoms with Gasteiger partial charge in [-0.2, -0.15) is 0 Å². The summed E-state index contributed by atoms with van der Waals surface area (Å²) in [5, 5.41) is 0.432. The number of carbonyl (C=O) groups excluding carboxylic acids is 1. The molecule has 0 aromatic heterocycles. The quantitative estimate of drug-likeness (QED) is 0.557. The van der Waals surface area contributed by atoms with E-state index in [1.54, 1.807) is 43.4 Å². The van der Waals surface area contributed by atoms with Crippen LogP contribution < -0.4 is 4.31 Å². The second kappa shape index (κ2) is 8.85. The lowest BCUT2D eigenvalue weighted by molar-refractivity contribution is 0.0784. The molecule has 30 heavy (non-hydrogen) atoms. The maximum atomic E-state index is 13.9. The molecule has 0 saturated heterocycles. The first-order valence-corrected chi connectivity index (χ1v) is 10.9. The van der Waals surface area contributed by atoms with Gasteiger partial charge in [-0.3, -0.25) is 9.10 Å². The van der Waals surface area contributed by atoms with Gasteiger partial charge in [-0.1, -0.05) is 35.9 Å². The highest BCUT2D eigenvalue weighted by Crippen LogP contribution is 2.24. The van der Waals surface area contributed by atoms with E-state index in [4.69, 9.17) is 11.6 Å². The number of benzene rings is 3. The van der Waals surface area contributed by atoms with Crippen LogP contribution in [0.4, 0.5) is 10.1 Å². The van der Waals surface area contributed by atoms with E-state index in [2.05, 4.69) is 0 Å². The first-order chi connectivity index (χ1) is 14.2. The molecule has 0 heterocycles. The van der Waals surface area contributed by atoms with Crippen molar-refractivity contribution in [3.63, 3.8) is 0 Å². The van der Waals surface area contributed by atoms with Crippen molar-refractivity contribution < 1.29 is 17.6 Å². The predicted molar refractivity (Wildman–Crippen MR) is 116 cm³/mol. The summed E-state index contributed by atoms with van der Waals surface area (Å²) < 4.78 is 40.8. The molecule has 0 aliphatic heterocycles. The van der Waals surface area contributed by atoms with Crippen molar-refractivity contribution in [3.8, 4) is 0 Å². The molecule has 0 radical (unpaired) electrons. The van der Waals surface area contributed by atoms with E-state index in [1.807, 2.05) is 0 Å². The number of hydrogen-bond donors (Lipinski definition) is 0. The van der Waals surface area contributed by atoms with Crippen molar-refractivity contribution in [1.29, 1.82) is 0 Å². The average Bonchev–Trinajstić information content (AvgIpc) is 2.74. The molecular weight excluding hydrogens is 427 g/mol. The Labute approximate surface area is 180 Å². The Kier molecular flexibility index (Phi) is 6.43. The molecule has 0 bridgehead atoms. The lowest BCUT2D eigenvalue weighted by Crippen LogP contribution is -2.28. The van der Waals surface area contributed by atoms with Crippen molar-refractivity contribution >= 4 is 33.2 Å². The summed E-state index contributed by atoms with van der Waals surface area (Å²) in [6.45, 7) is 0.0919. The molecule has 3 aromatic rings. The fourth-order valence-electron chi connectivity index (χ4n) is 2.91. The van der Waals surface area contributed by atoms with Gasteiger partial charge in [0, 0.05) is 36.8 Å². The summed E-state index contributed by atoms with van der Waals surface area (Å²) in [4.78, 5) is 14.3. The smallest absolute Gasteiger partial charge is 0.264 e. The highest BCUT2D eigenvalue weighted by Gasteiger charge is 2.22. The number of anilines is 1. The normalized spacial score (nSPS) is 11.2. The third-order valence-corrected chi connectivity index (χ3v) is 6.69. The van der Waals surface area contributed by atoms with Gasteiger partial charge in [-0.25, -0.2) is 12.8 Å². The van der Waals surface area contributed by atoms with Crippen molar-refractivity contribution in [2.45, 2.75) is 11.4 Å². The van der Waals surface area contributed by atoms with Gasteiger partial charge in [-0.15, -0.1) is 0 Å². The lowest BCUT2D eigenvalue weighted by Gasteiger charge is -2.22. The van der Waals surface area contributed by atoms with Crippen molar-refractivity contribution in [2.24, 2.45) is 0 Å². The SMILES string of the molecule is CN(Cc1ccccc1F)C(=O)c1cccc(N(C)S(=O)(=O)c2ccc(Cl)cc2)c1. The Balaban J connectivity index is 1.83. The minimum atomic E-state index is -3.83. The van der Waals surface area contributed by atoms with E-state index < -0.39 is 10.0 Å². The van der Waals surface area contributed by atoms with Gasteiger partial charge in [0.1, 0.15) is 5.82 Å². The molecule has 0 atom stereocenters. The number of rotatable bonds is 6. The molecule has 0 spiro atoms. The number of nitrogens with zero attached hydrogens (tertiary/aromatic N) is 2. The van der Waals surface area contributed by atoms with Crippen molar-refractivity contribution in [2.75, 3.05) is 18.4 Å². The summed E-state index contributed by atoms with van der Waals surface area (Å²) in [5.74, 6) is -0.739. The second-order valence-corrected chi connectivity index (χ2v) is 9.14. The monoisotopic (exact) mass is 446 g/mol. The second-order valence-electron chi connectivity index (χ2n) is 6.73. The molecule has 156 valence electrons. The van der Waals surface area contributed by atoms with E-state index in [0.717, 1.165) is 4.31 Å². The third-order valence-electron chi connectivity index (χ3n) is 4.64. The number of sulfonamides is 1. The minimum Gasteiger partial charge on any atom is -0.337 e. The highest BCUT2D eigenvalue weighted by atomic mass is 35.5. The van der Waals surface area contributed by atoms with E-state index in [-0.39, 0.29) is 23.2 Å². The molecule has 1 amide bonds. The third kappa shape index (κ3) is 4.63. The van der Waals surface area contributed by atoms with Crippen LogP contribution in [0.25, 0.3) is 0 Å². The standard InChI is InChI=1S/C22H20ClFN2O3S/c1-25(15-17-6-3-4-9-21(17)24)22(27)16-7-5-8-19(14-16)26(2)30(28,29)20-12-10-18(23)11-13-20/h3-14H,15H2,1-2H3. The molecule has 0 aliphatic rings. The Morgan fingerprint density at radius 1 is 0.967 bits per heavy atom. The van der Waals surface area contributed by atoms with Crippen LogP contribution in [0.15, 0.2) is 77.7 Å². The minimum absolute atomic E-state index is 0.0859. The van der Waals surface area contributed by atoms with E-state index >= 15 is 0 Å². The van der Waals surface area contributed by atoms with E-state index in [0.29, 0.717) is 21.8 Å². The van der Waals surface area contributed by atoms with Gasteiger partial charge in [-0.05, 0) is 48.5 Å². The van der Waals surface area contributed by atoms with Crippen LogP contribution in [0.5, 0.6) is 0 Å². The molecule has 0 unspecified atom stereocenters. The predicted octanol–water partition coefficient (Wildman–Crippen LogP) is 4.58. The van der Waals surface area contributed by atoms with Gasteiger partial charge in [0.25, 0.3) is 15.9 Å². The molecule has 3 aromatic carbocycles. The maximum Gasteiger partial charge on any atom is 0.264 e. The van der Waals surface area contributed by atoms with E-state index in [9.17, 15) is 17.6 Å². The summed E-state index contributed by atoms with van der Waals surface area (Å²) >= 11 is 5.84. The topological polar surface area (TPSA) is 57.7 Å². The largest absolute Gasteiger partial charge is 0.337 e. The zero-order valence-electron chi connectivity index (χ0n) is 16.4. The van der Waals surface area contributed by atoms with Gasteiger partial charge >= 0.3 is 0 Å². The van der Waals surface area contributed by atoms with Crippen LogP contribution in [0.2, 0.25) is 5.02 Å². The molecule has 0 aliphatic carbocycles. The zero-order valence-corrected chi connectivity index (χ0v) is 18.0. The number of halogens is 2. The van der Waals surface area contributed by atoms with Crippen molar-refractivity contribution in [1.82, 2.24) is 4.90 Å².